The van der Waals surface area contributed by atoms with Crippen molar-refractivity contribution in [2.75, 3.05) is 19.8 Å². The summed E-state index contributed by atoms with van der Waals surface area (Å²) in [5, 5.41) is 0. The van der Waals surface area contributed by atoms with Gasteiger partial charge in [-0.3, -0.25) is 0 Å². The van der Waals surface area contributed by atoms with Gasteiger partial charge in [-0.15, -0.1) is 0 Å². The molecule has 2 N–H and O–H groups in total. The van der Waals surface area contributed by atoms with E-state index in [1.165, 1.54) is 19.3 Å². The molecule has 0 amide bonds. The predicted molar refractivity (Wildman–Crippen MR) is 71.1 cm³/mol. The number of rotatable bonds is 8. The van der Waals surface area contributed by atoms with Gasteiger partial charge in [0.25, 0.3) is 0 Å². The summed E-state index contributed by atoms with van der Waals surface area (Å²) in [4.78, 5) is 0. The van der Waals surface area contributed by atoms with E-state index in [0.29, 0.717) is 13.2 Å². The summed E-state index contributed by atoms with van der Waals surface area (Å²) >= 11 is 0. The fraction of sp³-hybridized carbons (Fsp3) is 1.00. The number of unbranched alkanes of at least 4 members (excludes halogenated alkanes) is 1. The van der Waals surface area contributed by atoms with Crippen molar-refractivity contribution in [3.8, 4) is 0 Å². The van der Waals surface area contributed by atoms with Gasteiger partial charge in [0.15, 0.2) is 0 Å². The molecule has 0 spiro atoms. The van der Waals surface area contributed by atoms with Crippen LogP contribution in [0, 0.1) is 5.92 Å². The molecule has 0 aromatic heterocycles. The van der Waals surface area contributed by atoms with E-state index in [2.05, 4.69) is 13.8 Å². The summed E-state index contributed by atoms with van der Waals surface area (Å²) in [5.74, 6) is 0.806. The van der Waals surface area contributed by atoms with E-state index in [0.717, 1.165) is 31.8 Å². The molecule has 0 radical (unpaired) electrons. The first-order chi connectivity index (χ1) is 8.27. The zero-order chi connectivity index (χ0) is 12.5. The molecule has 0 aromatic carbocycles. The first kappa shape index (κ1) is 14.9. The van der Waals surface area contributed by atoms with Crippen molar-refractivity contribution in [2.24, 2.45) is 11.7 Å². The lowest BCUT2D eigenvalue weighted by Gasteiger charge is -2.33. The minimum Gasteiger partial charge on any atom is -0.379 e. The van der Waals surface area contributed by atoms with Gasteiger partial charge in [0.2, 0.25) is 0 Å². The van der Waals surface area contributed by atoms with Gasteiger partial charge in [0.05, 0.1) is 19.3 Å². The Morgan fingerprint density at radius 1 is 1.12 bits per heavy atom. The molecule has 3 nitrogen and oxygen atoms in total. The topological polar surface area (TPSA) is 44.5 Å². The molecule has 0 heterocycles. The van der Waals surface area contributed by atoms with E-state index >= 15 is 0 Å². The lowest BCUT2D eigenvalue weighted by atomic mass is 9.83. The fourth-order valence-corrected chi connectivity index (χ4v) is 2.40. The summed E-state index contributed by atoms with van der Waals surface area (Å²) in [5.41, 5.74) is 6.09. The van der Waals surface area contributed by atoms with Crippen LogP contribution < -0.4 is 5.73 Å². The van der Waals surface area contributed by atoms with E-state index in [4.69, 9.17) is 15.2 Å². The summed E-state index contributed by atoms with van der Waals surface area (Å²) in [7, 11) is 0. The van der Waals surface area contributed by atoms with Crippen molar-refractivity contribution < 1.29 is 9.47 Å². The highest BCUT2D eigenvalue weighted by Crippen LogP contribution is 2.27. The zero-order valence-electron chi connectivity index (χ0n) is 11.5. The van der Waals surface area contributed by atoms with Crippen LogP contribution in [-0.4, -0.2) is 32.0 Å². The number of hydrogen-bond donors (Lipinski definition) is 1. The first-order valence-electron chi connectivity index (χ1n) is 7.22. The summed E-state index contributed by atoms with van der Waals surface area (Å²) in [6.07, 6.45) is 7.34. The fourth-order valence-electron chi connectivity index (χ4n) is 2.40. The molecule has 0 aliphatic heterocycles. The Balaban J connectivity index is 2.07. The summed E-state index contributed by atoms with van der Waals surface area (Å²) < 4.78 is 11.3. The Hall–Kier alpha value is -0.120. The van der Waals surface area contributed by atoms with Crippen LogP contribution in [0.2, 0.25) is 0 Å². The van der Waals surface area contributed by atoms with Crippen LogP contribution in [0.15, 0.2) is 0 Å². The number of hydrogen-bond acceptors (Lipinski definition) is 3. The summed E-state index contributed by atoms with van der Waals surface area (Å²) in [6, 6.07) is 0.230. The second-order valence-electron chi connectivity index (χ2n) is 5.13. The second-order valence-corrected chi connectivity index (χ2v) is 5.13. The monoisotopic (exact) mass is 243 g/mol. The number of nitrogens with two attached hydrogens (primary N) is 1. The van der Waals surface area contributed by atoms with Crippen LogP contribution in [0.3, 0.4) is 0 Å². The molecule has 3 heteroatoms. The Bertz CT molecular complexity index is 187. The minimum atomic E-state index is 0.230. The Morgan fingerprint density at radius 2 is 1.94 bits per heavy atom. The van der Waals surface area contributed by atoms with Gasteiger partial charge >= 0.3 is 0 Å². The van der Waals surface area contributed by atoms with Crippen LogP contribution >= 0.6 is 0 Å². The van der Waals surface area contributed by atoms with Crippen LogP contribution in [0.25, 0.3) is 0 Å². The molecule has 0 saturated heterocycles. The largest absolute Gasteiger partial charge is 0.379 e. The van der Waals surface area contributed by atoms with Crippen molar-refractivity contribution in [1.29, 1.82) is 0 Å². The average Bonchev–Trinajstić information content (AvgIpc) is 2.35. The molecule has 1 fully saturated rings. The smallest absolute Gasteiger partial charge is 0.0729 e. The quantitative estimate of drug-likeness (QED) is 0.667. The standard InChI is InChI=1S/C14H29NO2/c1-3-5-8-16-9-10-17-14-11-12(4-2)6-7-13(14)15/h12-14H,3-11,15H2,1-2H3. The lowest BCUT2D eigenvalue weighted by Crippen LogP contribution is -2.42. The SMILES string of the molecule is CCCCOCCOC1CC(CC)CCC1N. The van der Waals surface area contributed by atoms with Crippen molar-refractivity contribution in [3.05, 3.63) is 0 Å². The molecule has 1 saturated carbocycles. The van der Waals surface area contributed by atoms with Gasteiger partial charge < -0.3 is 15.2 Å². The maximum absolute atomic E-state index is 6.09. The lowest BCUT2D eigenvalue weighted by molar-refractivity contribution is -0.0296. The molecule has 0 aromatic rings. The normalized spacial score (nSPS) is 29.5. The first-order valence-corrected chi connectivity index (χ1v) is 7.22. The molecule has 0 bridgehead atoms. The van der Waals surface area contributed by atoms with Gasteiger partial charge in [-0.1, -0.05) is 26.7 Å². The molecule has 1 aliphatic carbocycles. The van der Waals surface area contributed by atoms with Gasteiger partial charge in [0, 0.05) is 12.6 Å². The van der Waals surface area contributed by atoms with Gasteiger partial charge in [0.1, 0.15) is 0 Å². The summed E-state index contributed by atoms with van der Waals surface area (Å²) in [6.45, 7) is 6.69. The molecule has 1 aliphatic rings. The third-order valence-electron chi connectivity index (χ3n) is 3.73. The third kappa shape index (κ3) is 5.84. The van der Waals surface area contributed by atoms with Crippen LogP contribution in [0.1, 0.15) is 52.4 Å². The van der Waals surface area contributed by atoms with Gasteiger partial charge in [-0.25, -0.2) is 0 Å². The van der Waals surface area contributed by atoms with E-state index in [1.54, 1.807) is 0 Å². The Kier molecular flexibility index (Phi) is 7.82. The average molecular weight is 243 g/mol. The van der Waals surface area contributed by atoms with Gasteiger partial charge in [-0.05, 0) is 31.6 Å². The van der Waals surface area contributed by atoms with E-state index < -0.39 is 0 Å². The predicted octanol–water partition coefficient (Wildman–Crippen LogP) is 2.73. The van der Waals surface area contributed by atoms with Crippen LogP contribution in [0.5, 0.6) is 0 Å². The highest BCUT2D eigenvalue weighted by Gasteiger charge is 2.27. The second kappa shape index (κ2) is 8.90. The van der Waals surface area contributed by atoms with Crippen molar-refractivity contribution in [2.45, 2.75) is 64.5 Å². The van der Waals surface area contributed by atoms with E-state index in [1.807, 2.05) is 0 Å². The molecular weight excluding hydrogens is 214 g/mol. The van der Waals surface area contributed by atoms with Crippen LogP contribution in [0.4, 0.5) is 0 Å². The maximum atomic E-state index is 6.09. The van der Waals surface area contributed by atoms with E-state index in [9.17, 15) is 0 Å². The maximum Gasteiger partial charge on any atom is 0.0729 e. The van der Waals surface area contributed by atoms with Crippen molar-refractivity contribution >= 4 is 0 Å². The van der Waals surface area contributed by atoms with Crippen molar-refractivity contribution in [1.82, 2.24) is 0 Å². The highest BCUT2D eigenvalue weighted by molar-refractivity contribution is 4.82. The van der Waals surface area contributed by atoms with Gasteiger partial charge in [-0.2, -0.15) is 0 Å². The molecular formula is C14H29NO2. The van der Waals surface area contributed by atoms with E-state index in [-0.39, 0.29) is 12.1 Å². The molecule has 17 heavy (non-hydrogen) atoms. The molecule has 1 rings (SSSR count). The molecule has 102 valence electrons. The zero-order valence-corrected chi connectivity index (χ0v) is 11.5. The molecule has 3 atom stereocenters. The third-order valence-corrected chi connectivity index (χ3v) is 3.73. The minimum absolute atomic E-state index is 0.230. The van der Waals surface area contributed by atoms with Crippen molar-refractivity contribution in [3.63, 3.8) is 0 Å². The van der Waals surface area contributed by atoms with Crippen LogP contribution in [-0.2, 0) is 9.47 Å². The Labute approximate surface area is 106 Å². The molecule has 3 unspecified atom stereocenters. The number of ether oxygens (including phenoxy) is 2. The Morgan fingerprint density at radius 3 is 2.65 bits per heavy atom. The highest BCUT2D eigenvalue weighted by atomic mass is 16.5.